The van der Waals surface area contributed by atoms with E-state index in [0.717, 1.165) is 6.26 Å². The van der Waals surface area contributed by atoms with Gasteiger partial charge >= 0.3 is 0 Å². The highest BCUT2D eigenvalue weighted by atomic mass is 32.2. The number of sulfone groups is 1. The van der Waals surface area contributed by atoms with E-state index in [0.29, 0.717) is 13.0 Å². The Kier molecular flexibility index (Phi) is 4.53. The molecule has 0 atom stereocenters. The smallest absolute Gasteiger partial charge is 0.241 e. The summed E-state index contributed by atoms with van der Waals surface area (Å²) in [6, 6.07) is 0. The first-order valence-electron chi connectivity index (χ1n) is 5.16. The number of nitrogens with one attached hydrogen (secondary N) is 1. The summed E-state index contributed by atoms with van der Waals surface area (Å²) in [5.74, 6) is -0.492. The standard InChI is InChI=1S/C10H22N2O3S/c1-9(2,6-7-11)12-8(13)10(3,4)16(5,14)15/h6-7,11H2,1-5H3,(H,12,13). The third kappa shape index (κ3) is 3.75. The number of hydrogen-bond acceptors (Lipinski definition) is 4. The molecule has 0 heterocycles. The maximum absolute atomic E-state index is 11.9. The van der Waals surface area contributed by atoms with E-state index in [1.165, 1.54) is 13.8 Å². The maximum atomic E-state index is 11.9. The van der Waals surface area contributed by atoms with Crippen molar-refractivity contribution in [3.05, 3.63) is 0 Å². The predicted molar refractivity (Wildman–Crippen MR) is 64.8 cm³/mol. The van der Waals surface area contributed by atoms with Gasteiger partial charge in [0.05, 0.1) is 0 Å². The predicted octanol–water partition coefficient (Wildman–Crippen LogP) is 0.0532. The molecule has 0 saturated carbocycles. The van der Waals surface area contributed by atoms with Crippen LogP contribution in [0.5, 0.6) is 0 Å². The van der Waals surface area contributed by atoms with E-state index in [4.69, 9.17) is 5.73 Å². The minimum Gasteiger partial charge on any atom is -0.350 e. The molecule has 3 N–H and O–H groups in total. The molecule has 0 spiro atoms. The lowest BCUT2D eigenvalue weighted by Gasteiger charge is -2.30. The van der Waals surface area contributed by atoms with Gasteiger partial charge in [-0.25, -0.2) is 8.42 Å². The second-order valence-corrected chi connectivity index (χ2v) is 7.72. The lowest BCUT2D eigenvalue weighted by atomic mass is 9.99. The first kappa shape index (κ1) is 15.4. The summed E-state index contributed by atoms with van der Waals surface area (Å²) in [6.45, 7) is 6.87. The largest absolute Gasteiger partial charge is 0.350 e. The number of carbonyl (C=O) groups excluding carboxylic acids is 1. The monoisotopic (exact) mass is 250 g/mol. The van der Waals surface area contributed by atoms with Crippen molar-refractivity contribution in [3.63, 3.8) is 0 Å². The van der Waals surface area contributed by atoms with Crippen LogP contribution in [0.4, 0.5) is 0 Å². The van der Waals surface area contributed by atoms with Crippen molar-refractivity contribution >= 4 is 15.7 Å². The van der Waals surface area contributed by atoms with Gasteiger partial charge in [-0.15, -0.1) is 0 Å². The molecule has 0 saturated heterocycles. The molecule has 5 nitrogen and oxygen atoms in total. The van der Waals surface area contributed by atoms with Crippen molar-refractivity contribution in [2.75, 3.05) is 12.8 Å². The molecule has 0 radical (unpaired) electrons. The SMILES string of the molecule is CC(C)(CCN)NC(=O)C(C)(C)S(C)(=O)=O. The van der Waals surface area contributed by atoms with Crippen LogP contribution >= 0.6 is 0 Å². The quantitative estimate of drug-likeness (QED) is 0.721. The molecule has 1 amide bonds. The molecule has 0 bridgehead atoms. The molecule has 0 aliphatic heterocycles. The molecular formula is C10H22N2O3S. The topological polar surface area (TPSA) is 89.3 Å². The van der Waals surface area contributed by atoms with E-state index < -0.39 is 26.0 Å². The summed E-state index contributed by atoms with van der Waals surface area (Å²) in [4.78, 5) is 11.9. The molecule has 0 unspecified atom stereocenters. The fourth-order valence-corrected chi connectivity index (χ4v) is 1.44. The third-order valence-corrected chi connectivity index (χ3v) is 4.73. The zero-order valence-corrected chi connectivity index (χ0v) is 11.4. The zero-order chi connectivity index (χ0) is 13.2. The Labute approximate surface area is 97.7 Å². The first-order valence-corrected chi connectivity index (χ1v) is 7.05. The Balaban J connectivity index is 4.85. The summed E-state index contributed by atoms with van der Waals surface area (Å²) < 4.78 is 21.5. The fraction of sp³-hybridized carbons (Fsp3) is 0.900. The summed E-state index contributed by atoms with van der Waals surface area (Å²) in [5, 5.41) is 2.71. The summed E-state index contributed by atoms with van der Waals surface area (Å²) in [6.07, 6.45) is 1.65. The van der Waals surface area contributed by atoms with Gasteiger partial charge in [-0.05, 0) is 40.7 Å². The minimum absolute atomic E-state index is 0.437. The van der Waals surface area contributed by atoms with Gasteiger partial charge in [-0.2, -0.15) is 0 Å². The lowest BCUT2D eigenvalue weighted by Crippen LogP contribution is -2.55. The average Bonchev–Trinajstić information content (AvgIpc) is 2.00. The maximum Gasteiger partial charge on any atom is 0.241 e. The molecule has 0 aliphatic carbocycles. The lowest BCUT2D eigenvalue weighted by molar-refractivity contribution is -0.124. The number of amides is 1. The molecule has 16 heavy (non-hydrogen) atoms. The van der Waals surface area contributed by atoms with Crippen molar-refractivity contribution in [1.29, 1.82) is 0 Å². The van der Waals surface area contributed by atoms with E-state index in [2.05, 4.69) is 5.32 Å². The Bertz CT molecular complexity index is 358. The molecule has 0 aromatic heterocycles. The van der Waals surface area contributed by atoms with E-state index in [-0.39, 0.29) is 0 Å². The van der Waals surface area contributed by atoms with E-state index in [1.807, 2.05) is 13.8 Å². The highest BCUT2D eigenvalue weighted by Gasteiger charge is 2.40. The van der Waals surface area contributed by atoms with Gasteiger partial charge in [0.15, 0.2) is 9.84 Å². The third-order valence-electron chi connectivity index (χ3n) is 2.70. The van der Waals surface area contributed by atoms with Crippen LogP contribution in [0.15, 0.2) is 0 Å². The molecule has 0 rings (SSSR count). The van der Waals surface area contributed by atoms with E-state index >= 15 is 0 Å². The van der Waals surface area contributed by atoms with Gasteiger partial charge in [0.25, 0.3) is 0 Å². The molecule has 0 aliphatic rings. The second kappa shape index (κ2) is 4.71. The van der Waals surface area contributed by atoms with Crippen LogP contribution in [-0.2, 0) is 14.6 Å². The summed E-state index contributed by atoms with van der Waals surface area (Å²) >= 11 is 0. The number of nitrogens with two attached hydrogens (primary N) is 1. The van der Waals surface area contributed by atoms with Crippen LogP contribution in [0.2, 0.25) is 0 Å². The van der Waals surface area contributed by atoms with Gasteiger partial charge < -0.3 is 11.1 Å². The van der Waals surface area contributed by atoms with Crippen LogP contribution in [0.3, 0.4) is 0 Å². The van der Waals surface area contributed by atoms with Crippen molar-refractivity contribution < 1.29 is 13.2 Å². The van der Waals surface area contributed by atoms with Gasteiger partial charge in [0.2, 0.25) is 5.91 Å². The number of carbonyl (C=O) groups is 1. The van der Waals surface area contributed by atoms with Crippen molar-refractivity contribution in [2.24, 2.45) is 5.73 Å². The molecular weight excluding hydrogens is 228 g/mol. The van der Waals surface area contributed by atoms with Gasteiger partial charge in [0, 0.05) is 11.8 Å². The van der Waals surface area contributed by atoms with Crippen molar-refractivity contribution in [1.82, 2.24) is 5.32 Å². The van der Waals surface area contributed by atoms with Crippen LogP contribution in [0.1, 0.15) is 34.1 Å². The molecule has 0 aromatic carbocycles. The van der Waals surface area contributed by atoms with E-state index in [1.54, 1.807) is 0 Å². The van der Waals surface area contributed by atoms with Gasteiger partial charge in [-0.1, -0.05) is 0 Å². The van der Waals surface area contributed by atoms with Crippen LogP contribution in [-0.4, -0.2) is 37.4 Å². The fourth-order valence-electron chi connectivity index (χ4n) is 1.05. The number of hydrogen-bond donors (Lipinski definition) is 2. The second-order valence-electron chi connectivity index (χ2n) is 5.16. The van der Waals surface area contributed by atoms with E-state index in [9.17, 15) is 13.2 Å². The highest BCUT2D eigenvalue weighted by molar-refractivity contribution is 7.92. The summed E-state index contributed by atoms with van der Waals surface area (Å²) in [5.41, 5.74) is 4.92. The molecule has 96 valence electrons. The molecule has 0 fully saturated rings. The first-order chi connectivity index (χ1) is 6.94. The van der Waals surface area contributed by atoms with Crippen molar-refractivity contribution in [2.45, 2.75) is 44.4 Å². The number of rotatable bonds is 5. The average molecular weight is 250 g/mol. The normalized spacial score (nSPS) is 13.6. The zero-order valence-electron chi connectivity index (χ0n) is 10.6. The minimum atomic E-state index is -3.43. The highest BCUT2D eigenvalue weighted by Crippen LogP contribution is 2.17. The van der Waals surface area contributed by atoms with Crippen LogP contribution < -0.4 is 11.1 Å². The van der Waals surface area contributed by atoms with Gasteiger partial charge in [0.1, 0.15) is 4.75 Å². The molecule has 0 aromatic rings. The van der Waals surface area contributed by atoms with Crippen molar-refractivity contribution in [3.8, 4) is 0 Å². The molecule has 6 heteroatoms. The summed E-state index contributed by atoms with van der Waals surface area (Å²) in [7, 11) is -3.43. The Morgan fingerprint density at radius 3 is 2.00 bits per heavy atom. The van der Waals surface area contributed by atoms with Crippen LogP contribution in [0.25, 0.3) is 0 Å². The Morgan fingerprint density at radius 2 is 1.69 bits per heavy atom. The van der Waals surface area contributed by atoms with Crippen LogP contribution in [0, 0.1) is 0 Å². The Morgan fingerprint density at radius 1 is 1.25 bits per heavy atom. The van der Waals surface area contributed by atoms with Gasteiger partial charge in [-0.3, -0.25) is 4.79 Å². The Hall–Kier alpha value is -0.620.